The van der Waals surface area contributed by atoms with Crippen molar-refractivity contribution in [3.63, 3.8) is 0 Å². The number of aliphatic carboxylic acids is 1. The summed E-state index contributed by atoms with van der Waals surface area (Å²) in [5, 5.41) is 11.7. The molecule has 0 aliphatic carbocycles. The Bertz CT molecular complexity index is 478. The molecule has 0 saturated carbocycles. The molecule has 1 aromatic carbocycles. The third-order valence-electron chi connectivity index (χ3n) is 2.91. The number of hydrogen-bond acceptors (Lipinski definition) is 2. The first-order valence-electron chi connectivity index (χ1n) is 5.64. The van der Waals surface area contributed by atoms with Gasteiger partial charge in [0.1, 0.15) is 6.04 Å². The van der Waals surface area contributed by atoms with E-state index in [0.717, 1.165) is 10.9 Å². The van der Waals surface area contributed by atoms with Crippen molar-refractivity contribution in [2.24, 2.45) is 0 Å². The molecule has 0 bridgehead atoms. The lowest BCUT2D eigenvalue weighted by molar-refractivity contribution is -0.141. The minimum atomic E-state index is -0.949. The van der Waals surface area contributed by atoms with Gasteiger partial charge >= 0.3 is 12.0 Å². The van der Waals surface area contributed by atoms with Gasteiger partial charge in [-0.25, -0.2) is 9.59 Å². The molecule has 2 rings (SSSR count). The third-order valence-corrected chi connectivity index (χ3v) is 3.61. The van der Waals surface area contributed by atoms with E-state index in [-0.39, 0.29) is 6.03 Å². The van der Waals surface area contributed by atoms with Crippen molar-refractivity contribution in [1.29, 1.82) is 0 Å². The first-order chi connectivity index (χ1) is 8.59. The number of nitrogens with one attached hydrogen (secondary N) is 1. The molecular formula is C12H13BrN2O3. The molecule has 1 fully saturated rings. The maximum Gasteiger partial charge on any atom is 0.326 e. The lowest BCUT2D eigenvalue weighted by Crippen LogP contribution is -2.42. The second-order valence-corrected chi connectivity index (χ2v) is 4.95. The molecule has 0 aromatic heterocycles. The molecule has 1 aromatic rings. The summed E-state index contributed by atoms with van der Waals surface area (Å²) < 4.78 is 0.768. The molecule has 0 radical (unpaired) electrons. The summed E-state index contributed by atoms with van der Waals surface area (Å²) in [5.74, 6) is -0.949. The summed E-state index contributed by atoms with van der Waals surface area (Å²) in [6.45, 7) is 0.479. The number of nitrogens with zero attached hydrogens (tertiary/aromatic N) is 1. The van der Waals surface area contributed by atoms with Crippen LogP contribution in [-0.2, 0) is 4.79 Å². The fraction of sp³-hybridized carbons (Fsp3) is 0.333. The van der Waals surface area contributed by atoms with Gasteiger partial charge in [-0.2, -0.15) is 0 Å². The number of benzene rings is 1. The Kier molecular flexibility index (Phi) is 3.86. The molecule has 1 atom stereocenters. The highest BCUT2D eigenvalue weighted by atomic mass is 79.9. The van der Waals surface area contributed by atoms with Crippen LogP contribution in [0.15, 0.2) is 28.7 Å². The first-order valence-corrected chi connectivity index (χ1v) is 6.44. The number of carboxylic acid groups (broad SMARTS) is 1. The van der Waals surface area contributed by atoms with Gasteiger partial charge in [0.2, 0.25) is 0 Å². The van der Waals surface area contributed by atoms with E-state index < -0.39 is 12.0 Å². The lowest BCUT2D eigenvalue weighted by Gasteiger charge is -2.22. The van der Waals surface area contributed by atoms with E-state index >= 15 is 0 Å². The van der Waals surface area contributed by atoms with Crippen LogP contribution in [0.5, 0.6) is 0 Å². The number of anilines is 1. The monoisotopic (exact) mass is 312 g/mol. The van der Waals surface area contributed by atoms with Gasteiger partial charge in [-0.05, 0) is 40.9 Å². The molecule has 1 aliphatic heterocycles. The minimum absolute atomic E-state index is 0.369. The summed E-state index contributed by atoms with van der Waals surface area (Å²) in [7, 11) is 0. The molecular weight excluding hydrogens is 300 g/mol. The van der Waals surface area contributed by atoms with E-state index in [1.54, 1.807) is 12.1 Å². The highest BCUT2D eigenvalue weighted by Gasteiger charge is 2.34. The minimum Gasteiger partial charge on any atom is -0.480 e. The SMILES string of the molecule is O=C(O)[C@@H]1CCCN1C(=O)Nc1ccccc1Br. The number of carbonyl (C=O) groups is 2. The predicted octanol–water partition coefficient (Wildman–Crippen LogP) is 2.53. The summed E-state index contributed by atoms with van der Waals surface area (Å²) in [6, 6.07) is 6.14. The van der Waals surface area contributed by atoms with E-state index in [9.17, 15) is 9.59 Å². The summed E-state index contributed by atoms with van der Waals surface area (Å²) in [5.41, 5.74) is 0.638. The first kappa shape index (κ1) is 12.9. The maximum atomic E-state index is 12.0. The normalized spacial score (nSPS) is 18.7. The zero-order chi connectivity index (χ0) is 13.1. The Labute approximate surface area is 113 Å². The second-order valence-electron chi connectivity index (χ2n) is 4.10. The Morgan fingerprint density at radius 2 is 2.11 bits per heavy atom. The summed E-state index contributed by atoms with van der Waals surface area (Å²) >= 11 is 3.33. The number of urea groups is 1. The molecule has 0 spiro atoms. The zero-order valence-corrected chi connectivity index (χ0v) is 11.2. The van der Waals surface area contributed by atoms with Gasteiger partial charge in [-0.3, -0.25) is 0 Å². The highest BCUT2D eigenvalue weighted by molar-refractivity contribution is 9.10. The number of likely N-dealkylation sites (tertiary alicyclic amines) is 1. The number of hydrogen-bond donors (Lipinski definition) is 2. The molecule has 96 valence electrons. The number of amides is 2. The van der Waals surface area contributed by atoms with Crippen LogP contribution in [0, 0.1) is 0 Å². The molecule has 18 heavy (non-hydrogen) atoms. The number of carboxylic acids is 1. The smallest absolute Gasteiger partial charge is 0.326 e. The van der Waals surface area contributed by atoms with Crippen molar-refractivity contribution in [3.05, 3.63) is 28.7 Å². The Balaban J connectivity index is 2.08. The van der Waals surface area contributed by atoms with Crippen molar-refractivity contribution in [1.82, 2.24) is 4.90 Å². The predicted molar refractivity (Wildman–Crippen MR) is 70.5 cm³/mol. The molecule has 2 N–H and O–H groups in total. The number of halogens is 1. The molecule has 1 aliphatic rings. The molecule has 5 nitrogen and oxygen atoms in total. The van der Waals surface area contributed by atoms with Gasteiger partial charge in [-0.15, -0.1) is 0 Å². The van der Waals surface area contributed by atoms with Gasteiger partial charge in [0, 0.05) is 11.0 Å². The van der Waals surface area contributed by atoms with Crippen LogP contribution in [0.3, 0.4) is 0 Å². The fourth-order valence-corrected chi connectivity index (χ4v) is 2.40. The summed E-state index contributed by atoms with van der Waals surface area (Å²) in [6.07, 6.45) is 1.24. The Morgan fingerprint density at radius 1 is 1.39 bits per heavy atom. The largest absolute Gasteiger partial charge is 0.480 e. The van der Waals surface area contributed by atoms with Crippen molar-refractivity contribution in [3.8, 4) is 0 Å². The van der Waals surface area contributed by atoms with Crippen molar-refractivity contribution in [2.75, 3.05) is 11.9 Å². The summed E-state index contributed by atoms with van der Waals surface area (Å²) in [4.78, 5) is 24.4. The average Bonchev–Trinajstić information content (AvgIpc) is 2.81. The maximum absolute atomic E-state index is 12.0. The number of rotatable bonds is 2. The van der Waals surface area contributed by atoms with Crippen LogP contribution >= 0.6 is 15.9 Å². The van der Waals surface area contributed by atoms with E-state index in [4.69, 9.17) is 5.11 Å². The molecule has 0 unspecified atom stereocenters. The topological polar surface area (TPSA) is 69.6 Å². The Hall–Kier alpha value is -1.56. The highest BCUT2D eigenvalue weighted by Crippen LogP contribution is 2.23. The van der Waals surface area contributed by atoms with Crippen LogP contribution in [-0.4, -0.2) is 34.6 Å². The lowest BCUT2D eigenvalue weighted by atomic mass is 10.2. The van der Waals surface area contributed by atoms with E-state index in [2.05, 4.69) is 21.2 Å². The number of carbonyl (C=O) groups excluding carboxylic acids is 1. The average molecular weight is 313 g/mol. The quantitative estimate of drug-likeness (QED) is 0.881. The third kappa shape index (κ3) is 2.64. The van der Waals surface area contributed by atoms with E-state index in [0.29, 0.717) is 18.7 Å². The number of para-hydroxylation sites is 1. The fourth-order valence-electron chi connectivity index (χ4n) is 2.02. The molecule has 1 heterocycles. The van der Waals surface area contributed by atoms with Gasteiger partial charge < -0.3 is 15.3 Å². The van der Waals surface area contributed by atoms with Crippen molar-refractivity contribution < 1.29 is 14.7 Å². The molecule has 1 saturated heterocycles. The van der Waals surface area contributed by atoms with E-state index in [1.165, 1.54) is 4.90 Å². The molecule has 6 heteroatoms. The van der Waals surface area contributed by atoms with Crippen LogP contribution in [0.25, 0.3) is 0 Å². The van der Waals surface area contributed by atoms with Gasteiger partial charge in [-0.1, -0.05) is 12.1 Å². The van der Waals surface area contributed by atoms with E-state index in [1.807, 2.05) is 12.1 Å². The van der Waals surface area contributed by atoms with Crippen LogP contribution in [0.2, 0.25) is 0 Å². The van der Waals surface area contributed by atoms with Crippen molar-refractivity contribution in [2.45, 2.75) is 18.9 Å². The van der Waals surface area contributed by atoms with Crippen LogP contribution < -0.4 is 5.32 Å². The Morgan fingerprint density at radius 3 is 2.78 bits per heavy atom. The van der Waals surface area contributed by atoms with Gasteiger partial charge in [0.05, 0.1) is 5.69 Å². The van der Waals surface area contributed by atoms with Gasteiger partial charge in [0.25, 0.3) is 0 Å². The standard InChI is InChI=1S/C12H13BrN2O3/c13-8-4-1-2-5-9(8)14-12(18)15-7-3-6-10(15)11(16)17/h1-2,4-5,10H,3,6-7H2,(H,14,18)(H,16,17)/t10-/m0/s1. The second kappa shape index (κ2) is 5.39. The van der Waals surface area contributed by atoms with Crippen molar-refractivity contribution >= 4 is 33.6 Å². The van der Waals surface area contributed by atoms with Gasteiger partial charge in [0.15, 0.2) is 0 Å². The van der Waals surface area contributed by atoms with Crippen LogP contribution in [0.4, 0.5) is 10.5 Å². The zero-order valence-electron chi connectivity index (χ0n) is 9.60. The molecule has 2 amide bonds. The van der Waals surface area contributed by atoms with Crippen LogP contribution in [0.1, 0.15) is 12.8 Å².